The maximum absolute atomic E-state index is 12.0. The average Bonchev–Trinajstić information content (AvgIpc) is 2.70. The first-order chi connectivity index (χ1) is 8.61. The highest BCUT2D eigenvalue weighted by atomic mass is 16.2. The Bertz CT molecular complexity index is 574. The molecule has 1 aromatic heterocycles. The summed E-state index contributed by atoms with van der Waals surface area (Å²) < 4.78 is 0. The number of nitrogens with one attached hydrogen (secondary N) is 2. The second-order valence-corrected chi connectivity index (χ2v) is 4.14. The van der Waals surface area contributed by atoms with Gasteiger partial charge in [-0.3, -0.25) is 9.89 Å². The fourth-order valence-corrected chi connectivity index (χ4v) is 1.74. The molecule has 5 nitrogen and oxygen atoms in total. The first kappa shape index (κ1) is 12.2. The van der Waals surface area contributed by atoms with Gasteiger partial charge in [-0.25, -0.2) is 0 Å². The third-order valence-electron chi connectivity index (χ3n) is 2.73. The van der Waals surface area contributed by atoms with Gasteiger partial charge in [0, 0.05) is 5.69 Å². The summed E-state index contributed by atoms with van der Waals surface area (Å²) in [7, 11) is 0. The number of carbonyl (C=O) groups excluding carboxylic acids is 1. The molecule has 0 aliphatic carbocycles. The second-order valence-electron chi connectivity index (χ2n) is 4.14. The number of nitrogens with two attached hydrogens (primary N) is 1. The Balaban J connectivity index is 2.19. The summed E-state index contributed by atoms with van der Waals surface area (Å²) in [6.07, 6.45) is 0.719. The molecule has 0 aliphatic heterocycles. The van der Waals surface area contributed by atoms with Crippen LogP contribution >= 0.6 is 0 Å². The van der Waals surface area contributed by atoms with Crippen LogP contribution in [0.5, 0.6) is 0 Å². The van der Waals surface area contributed by atoms with E-state index in [1.807, 2.05) is 38.1 Å². The van der Waals surface area contributed by atoms with Crippen molar-refractivity contribution in [3.05, 3.63) is 41.2 Å². The topological polar surface area (TPSA) is 83.8 Å². The highest BCUT2D eigenvalue weighted by molar-refractivity contribution is 6.06. The van der Waals surface area contributed by atoms with Crippen LogP contribution in [-0.2, 0) is 6.42 Å². The molecule has 0 saturated heterocycles. The normalized spacial score (nSPS) is 10.3. The van der Waals surface area contributed by atoms with Crippen LogP contribution in [0.2, 0.25) is 0 Å². The van der Waals surface area contributed by atoms with Crippen LogP contribution in [-0.4, -0.2) is 16.1 Å². The van der Waals surface area contributed by atoms with Crippen LogP contribution in [0, 0.1) is 6.92 Å². The molecule has 0 fully saturated rings. The van der Waals surface area contributed by atoms with Crippen molar-refractivity contribution in [3.8, 4) is 0 Å². The molecule has 0 saturated carbocycles. The standard InChI is InChI=1S/C13H16N4O/c1-3-10-11(14)12(17-16-10)13(18)15-9-6-4-5-8(2)7-9/h4-7H,3,14H2,1-2H3,(H,15,18)(H,16,17). The summed E-state index contributed by atoms with van der Waals surface area (Å²) in [5.74, 6) is -0.297. The number of benzene rings is 1. The minimum atomic E-state index is -0.297. The highest BCUT2D eigenvalue weighted by Gasteiger charge is 2.16. The number of H-pyrrole nitrogens is 1. The summed E-state index contributed by atoms with van der Waals surface area (Å²) in [6.45, 7) is 3.92. The van der Waals surface area contributed by atoms with Gasteiger partial charge in [-0.1, -0.05) is 19.1 Å². The van der Waals surface area contributed by atoms with Gasteiger partial charge in [0.1, 0.15) is 0 Å². The van der Waals surface area contributed by atoms with Crippen molar-refractivity contribution in [2.24, 2.45) is 0 Å². The number of amides is 1. The van der Waals surface area contributed by atoms with E-state index in [1.165, 1.54) is 0 Å². The van der Waals surface area contributed by atoms with Crippen molar-refractivity contribution in [1.82, 2.24) is 10.2 Å². The molecule has 0 bridgehead atoms. The van der Waals surface area contributed by atoms with Crippen molar-refractivity contribution < 1.29 is 4.79 Å². The fraction of sp³-hybridized carbons (Fsp3) is 0.231. The van der Waals surface area contributed by atoms with Gasteiger partial charge in [0.15, 0.2) is 5.69 Å². The van der Waals surface area contributed by atoms with Gasteiger partial charge in [0.05, 0.1) is 11.4 Å². The van der Waals surface area contributed by atoms with E-state index in [4.69, 9.17) is 5.73 Å². The number of carbonyl (C=O) groups is 1. The van der Waals surface area contributed by atoms with Gasteiger partial charge in [-0.15, -0.1) is 0 Å². The van der Waals surface area contributed by atoms with Gasteiger partial charge in [-0.2, -0.15) is 5.10 Å². The summed E-state index contributed by atoms with van der Waals surface area (Å²) in [6, 6.07) is 7.57. The molecule has 5 heteroatoms. The van der Waals surface area contributed by atoms with E-state index in [-0.39, 0.29) is 11.6 Å². The molecular weight excluding hydrogens is 228 g/mol. The SMILES string of the molecule is CCc1[nH]nc(C(=O)Nc2cccc(C)c2)c1N. The number of rotatable bonds is 3. The minimum absolute atomic E-state index is 0.244. The number of aromatic nitrogens is 2. The van der Waals surface area contributed by atoms with Crippen LogP contribution in [0.1, 0.15) is 28.7 Å². The molecule has 0 radical (unpaired) electrons. The lowest BCUT2D eigenvalue weighted by Crippen LogP contribution is -2.14. The molecule has 94 valence electrons. The Morgan fingerprint density at radius 3 is 2.89 bits per heavy atom. The Morgan fingerprint density at radius 2 is 2.28 bits per heavy atom. The molecule has 4 N–H and O–H groups in total. The van der Waals surface area contributed by atoms with Crippen molar-refractivity contribution in [2.45, 2.75) is 20.3 Å². The van der Waals surface area contributed by atoms with Crippen LogP contribution in [0.3, 0.4) is 0 Å². The van der Waals surface area contributed by atoms with E-state index in [1.54, 1.807) is 0 Å². The van der Waals surface area contributed by atoms with Gasteiger partial charge >= 0.3 is 0 Å². The molecule has 18 heavy (non-hydrogen) atoms. The smallest absolute Gasteiger partial charge is 0.278 e. The molecule has 0 aliphatic rings. The minimum Gasteiger partial charge on any atom is -0.395 e. The largest absolute Gasteiger partial charge is 0.395 e. The maximum Gasteiger partial charge on any atom is 0.278 e. The molecular formula is C13H16N4O. The van der Waals surface area contributed by atoms with Crippen molar-refractivity contribution >= 4 is 17.3 Å². The average molecular weight is 244 g/mol. The zero-order valence-electron chi connectivity index (χ0n) is 10.4. The number of hydrogen-bond donors (Lipinski definition) is 3. The van der Waals surface area contributed by atoms with Gasteiger partial charge in [-0.05, 0) is 31.0 Å². The summed E-state index contributed by atoms with van der Waals surface area (Å²) >= 11 is 0. The third-order valence-corrected chi connectivity index (χ3v) is 2.73. The molecule has 0 atom stereocenters. The molecule has 0 spiro atoms. The van der Waals surface area contributed by atoms with Crippen LogP contribution in [0.4, 0.5) is 11.4 Å². The molecule has 1 amide bonds. The van der Waals surface area contributed by atoms with E-state index in [2.05, 4.69) is 15.5 Å². The monoisotopic (exact) mass is 244 g/mol. The third kappa shape index (κ3) is 2.34. The first-order valence-electron chi connectivity index (χ1n) is 5.82. The van der Waals surface area contributed by atoms with Gasteiger partial charge in [0.25, 0.3) is 5.91 Å². The van der Waals surface area contributed by atoms with Crippen molar-refractivity contribution in [3.63, 3.8) is 0 Å². The zero-order chi connectivity index (χ0) is 13.1. The number of nitrogen functional groups attached to an aromatic ring is 1. The fourth-order valence-electron chi connectivity index (χ4n) is 1.74. The highest BCUT2D eigenvalue weighted by Crippen LogP contribution is 2.17. The van der Waals surface area contributed by atoms with Gasteiger partial charge in [0.2, 0.25) is 0 Å². The van der Waals surface area contributed by atoms with E-state index < -0.39 is 0 Å². The number of anilines is 2. The molecule has 1 heterocycles. The number of nitrogens with zero attached hydrogens (tertiary/aromatic N) is 1. The quantitative estimate of drug-likeness (QED) is 0.773. The number of aromatic amines is 1. The van der Waals surface area contributed by atoms with E-state index in [0.717, 1.165) is 23.4 Å². The molecule has 0 unspecified atom stereocenters. The summed E-state index contributed by atoms with van der Waals surface area (Å²) in [4.78, 5) is 12.0. The summed E-state index contributed by atoms with van der Waals surface area (Å²) in [5.41, 5.74) is 9.11. The summed E-state index contributed by atoms with van der Waals surface area (Å²) in [5, 5.41) is 9.48. The zero-order valence-corrected chi connectivity index (χ0v) is 10.4. The molecule has 2 aromatic rings. The van der Waals surface area contributed by atoms with Gasteiger partial charge < -0.3 is 11.1 Å². The Morgan fingerprint density at radius 1 is 1.50 bits per heavy atom. The Kier molecular flexibility index (Phi) is 3.32. The predicted octanol–water partition coefficient (Wildman–Crippen LogP) is 2.12. The first-order valence-corrected chi connectivity index (χ1v) is 5.82. The molecule has 1 aromatic carbocycles. The maximum atomic E-state index is 12.0. The lowest BCUT2D eigenvalue weighted by molar-refractivity contribution is 0.102. The van der Waals surface area contributed by atoms with Crippen molar-refractivity contribution in [2.75, 3.05) is 11.1 Å². The Labute approximate surface area is 105 Å². The van der Waals surface area contributed by atoms with Crippen LogP contribution < -0.4 is 11.1 Å². The molecule has 2 rings (SSSR count). The number of aryl methyl sites for hydroxylation is 2. The van der Waals surface area contributed by atoms with E-state index in [9.17, 15) is 4.79 Å². The van der Waals surface area contributed by atoms with Crippen LogP contribution in [0.15, 0.2) is 24.3 Å². The van der Waals surface area contributed by atoms with E-state index >= 15 is 0 Å². The van der Waals surface area contributed by atoms with Crippen LogP contribution in [0.25, 0.3) is 0 Å². The lowest BCUT2D eigenvalue weighted by Gasteiger charge is -2.04. The Hall–Kier alpha value is -2.30. The number of hydrogen-bond acceptors (Lipinski definition) is 3. The predicted molar refractivity (Wildman–Crippen MR) is 71.5 cm³/mol. The second kappa shape index (κ2) is 4.91. The van der Waals surface area contributed by atoms with Crippen molar-refractivity contribution in [1.29, 1.82) is 0 Å². The van der Waals surface area contributed by atoms with E-state index in [0.29, 0.717) is 5.69 Å². The lowest BCUT2D eigenvalue weighted by atomic mass is 10.2.